The van der Waals surface area contributed by atoms with Gasteiger partial charge < -0.3 is 9.88 Å². The molecule has 1 aromatic heterocycles. The number of hydrogen-bond acceptors (Lipinski definition) is 2. The number of nitrogens with one attached hydrogen (secondary N) is 1. The monoisotopic (exact) mass is 350 g/mol. The molecule has 1 aliphatic rings. The van der Waals surface area contributed by atoms with Crippen molar-refractivity contribution in [3.63, 3.8) is 0 Å². The van der Waals surface area contributed by atoms with Crippen LogP contribution in [-0.2, 0) is 19.5 Å². The molecule has 0 radical (unpaired) electrons. The molecule has 0 saturated carbocycles. The van der Waals surface area contributed by atoms with Gasteiger partial charge in [-0.15, -0.1) is 11.8 Å². The lowest BCUT2D eigenvalue weighted by Gasteiger charge is -2.22. The molecule has 2 aromatic carbocycles. The number of carbonyl (C=O) groups is 1. The molecule has 1 unspecified atom stereocenters. The summed E-state index contributed by atoms with van der Waals surface area (Å²) in [5, 5.41) is 4.70. The lowest BCUT2D eigenvalue weighted by molar-refractivity contribution is 0.0942. The molecule has 4 rings (SSSR count). The van der Waals surface area contributed by atoms with Crippen molar-refractivity contribution >= 4 is 28.6 Å². The molecule has 1 aliphatic heterocycles. The molecule has 3 aromatic rings. The van der Waals surface area contributed by atoms with Crippen molar-refractivity contribution in [2.24, 2.45) is 0 Å². The maximum absolute atomic E-state index is 12.8. The van der Waals surface area contributed by atoms with Crippen molar-refractivity contribution in [3.8, 4) is 0 Å². The van der Waals surface area contributed by atoms with Crippen LogP contribution >= 0.6 is 11.8 Å². The molecule has 4 heteroatoms. The van der Waals surface area contributed by atoms with E-state index in [2.05, 4.69) is 66.2 Å². The van der Waals surface area contributed by atoms with Gasteiger partial charge in [0.1, 0.15) is 5.69 Å². The van der Waals surface area contributed by atoms with Crippen molar-refractivity contribution < 1.29 is 4.79 Å². The molecule has 25 heavy (non-hydrogen) atoms. The number of hydrogen-bond donors (Lipinski definition) is 1. The zero-order chi connectivity index (χ0) is 17.4. The number of amides is 1. The highest BCUT2D eigenvalue weighted by atomic mass is 32.2. The number of aromatic nitrogens is 1. The van der Waals surface area contributed by atoms with E-state index in [0.29, 0.717) is 11.8 Å². The molecule has 1 amide bonds. The Bertz CT molecular complexity index is 927. The van der Waals surface area contributed by atoms with Gasteiger partial charge in [-0.1, -0.05) is 50.2 Å². The Morgan fingerprint density at radius 1 is 1.20 bits per heavy atom. The first-order valence-corrected chi connectivity index (χ1v) is 9.68. The number of rotatable bonds is 4. The molecule has 3 nitrogen and oxygen atoms in total. The minimum atomic E-state index is 0.000757. The minimum Gasteiger partial charge on any atom is -0.347 e. The van der Waals surface area contributed by atoms with E-state index in [1.165, 1.54) is 16.0 Å². The molecule has 1 atom stereocenters. The average molecular weight is 350 g/mol. The van der Waals surface area contributed by atoms with E-state index in [1.54, 1.807) is 0 Å². The quantitative estimate of drug-likeness (QED) is 0.744. The lowest BCUT2D eigenvalue weighted by atomic mass is 10.1. The molecule has 0 bridgehead atoms. The number of benzene rings is 2. The highest BCUT2D eigenvalue weighted by molar-refractivity contribution is 8.00. The Morgan fingerprint density at radius 3 is 2.72 bits per heavy atom. The number of thioether (sulfide) groups is 1. The maximum atomic E-state index is 12.8. The Balaban J connectivity index is 1.58. The maximum Gasteiger partial charge on any atom is 0.268 e. The first kappa shape index (κ1) is 16.3. The minimum absolute atomic E-state index is 0.000757. The van der Waals surface area contributed by atoms with E-state index in [0.717, 1.165) is 29.6 Å². The number of carbonyl (C=O) groups excluding carboxylic acids is 1. The molecular formula is C21H22N2OS. The highest BCUT2D eigenvalue weighted by Crippen LogP contribution is 2.38. The van der Waals surface area contributed by atoms with Crippen LogP contribution in [0.3, 0.4) is 0 Å². The van der Waals surface area contributed by atoms with Crippen molar-refractivity contribution in [2.75, 3.05) is 0 Å². The third-order valence-electron chi connectivity index (χ3n) is 4.77. The predicted octanol–water partition coefficient (Wildman–Crippen LogP) is 4.63. The van der Waals surface area contributed by atoms with Crippen LogP contribution in [0.15, 0.2) is 53.4 Å². The summed E-state index contributed by atoms with van der Waals surface area (Å²) in [6.45, 7) is 5.79. The van der Waals surface area contributed by atoms with Crippen molar-refractivity contribution in [2.45, 2.75) is 43.5 Å². The second-order valence-electron chi connectivity index (χ2n) is 6.62. The van der Waals surface area contributed by atoms with Gasteiger partial charge in [-0.2, -0.15) is 0 Å². The third-order valence-corrected chi connectivity index (χ3v) is 5.90. The SMILES string of the molecule is CCc1ccc(CNC(=O)c2cc3cccc4c3n2CC(C)S4)cc1. The summed E-state index contributed by atoms with van der Waals surface area (Å²) in [7, 11) is 0. The standard InChI is InChI=1S/C21H22N2OS/c1-3-15-7-9-16(10-8-15)12-22-21(24)18-11-17-5-4-6-19-20(17)23(18)13-14(2)25-19/h4-11,14H,3,12-13H2,1-2H3,(H,22,24). The molecule has 0 fully saturated rings. The summed E-state index contributed by atoms with van der Waals surface area (Å²) in [5.41, 5.74) is 4.41. The largest absolute Gasteiger partial charge is 0.347 e. The summed E-state index contributed by atoms with van der Waals surface area (Å²) >= 11 is 1.89. The molecule has 0 spiro atoms. The molecule has 0 saturated heterocycles. The zero-order valence-electron chi connectivity index (χ0n) is 14.6. The van der Waals surface area contributed by atoms with Gasteiger partial charge in [-0.25, -0.2) is 0 Å². The number of para-hydroxylation sites is 1. The smallest absolute Gasteiger partial charge is 0.268 e. The molecule has 2 heterocycles. The van der Waals surface area contributed by atoms with Crippen molar-refractivity contribution in [1.82, 2.24) is 9.88 Å². The van der Waals surface area contributed by atoms with Crippen LogP contribution in [0, 0.1) is 0 Å². The van der Waals surface area contributed by atoms with Crippen molar-refractivity contribution in [3.05, 3.63) is 65.4 Å². The van der Waals surface area contributed by atoms with Gasteiger partial charge in [0.25, 0.3) is 5.91 Å². The lowest BCUT2D eigenvalue weighted by Crippen LogP contribution is -2.27. The first-order valence-electron chi connectivity index (χ1n) is 8.80. The second kappa shape index (κ2) is 6.60. The topological polar surface area (TPSA) is 34.0 Å². The first-order chi connectivity index (χ1) is 12.2. The Morgan fingerprint density at radius 2 is 1.96 bits per heavy atom. The second-order valence-corrected chi connectivity index (χ2v) is 8.10. The van der Waals surface area contributed by atoms with Gasteiger partial charge in [0.15, 0.2) is 0 Å². The van der Waals surface area contributed by atoms with E-state index in [-0.39, 0.29) is 5.91 Å². The molecule has 1 N–H and O–H groups in total. The fraction of sp³-hybridized carbons (Fsp3) is 0.286. The molecule has 128 valence electrons. The predicted molar refractivity (Wildman–Crippen MR) is 104 cm³/mol. The van der Waals surface area contributed by atoms with Crippen LogP contribution in [-0.4, -0.2) is 15.7 Å². The Kier molecular flexibility index (Phi) is 4.30. The van der Waals surface area contributed by atoms with E-state index >= 15 is 0 Å². The number of aryl methyl sites for hydroxylation is 1. The Hall–Kier alpha value is -2.20. The zero-order valence-corrected chi connectivity index (χ0v) is 15.4. The third kappa shape index (κ3) is 3.07. The highest BCUT2D eigenvalue weighted by Gasteiger charge is 2.23. The van der Waals surface area contributed by atoms with Gasteiger partial charge in [-0.3, -0.25) is 4.79 Å². The fourth-order valence-electron chi connectivity index (χ4n) is 3.44. The van der Waals surface area contributed by atoms with E-state index in [4.69, 9.17) is 0 Å². The molecule has 0 aliphatic carbocycles. The fourth-order valence-corrected chi connectivity index (χ4v) is 4.59. The van der Waals surface area contributed by atoms with Crippen LogP contribution in [0.4, 0.5) is 0 Å². The Labute approximate surface area is 152 Å². The average Bonchev–Trinajstić information content (AvgIpc) is 3.00. The normalized spacial score (nSPS) is 16.2. The summed E-state index contributed by atoms with van der Waals surface area (Å²) in [5.74, 6) is 0.000757. The van der Waals surface area contributed by atoms with E-state index in [9.17, 15) is 4.79 Å². The summed E-state index contributed by atoms with van der Waals surface area (Å²) < 4.78 is 2.18. The number of nitrogens with zero attached hydrogens (tertiary/aromatic N) is 1. The van der Waals surface area contributed by atoms with E-state index in [1.807, 2.05) is 17.8 Å². The summed E-state index contributed by atoms with van der Waals surface area (Å²) in [4.78, 5) is 14.1. The van der Waals surface area contributed by atoms with Gasteiger partial charge in [-0.05, 0) is 29.7 Å². The summed E-state index contributed by atoms with van der Waals surface area (Å²) in [6, 6.07) is 16.8. The van der Waals surface area contributed by atoms with Crippen LogP contribution in [0.25, 0.3) is 10.9 Å². The van der Waals surface area contributed by atoms with Gasteiger partial charge >= 0.3 is 0 Å². The van der Waals surface area contributed by atoms with Crippen LogP contribution < -0.4 is 5.32 Å². The van der Waals surface area contributed by atoms with Crippen molar-refractivity contribution in [1.29, 1.82) is 0 Å². The van der Waals surface area contributed by atoms with Gasteiger partial charge in [0.05, 0.1) is 5.52 Å². The molecular weight excluding hydrogens is 328 g/mol. The van der Waals surface area contributed by atoms with Gasteiger partial charge in [0.2, 0.25) is 0 Å². The van der Waals surface area contributed by atoms with Crippen LogP contribution in [0.1, 0.15) is 35.5 Å². The van der Waals surface area contributed by atoms with Gasteiger partial charge in [0, 0.05) is 28.6 Å². The van der Waals surface area contributed by atoms with Crippen LogP contribution in [0.2, 0.25) is 0 Å². The summed E-state index contributed by atoms with van der Waals surface area (Å²) in [6.07, 6.45) is 1.03. The van der Waals surface area contributed by atoms with E-state index < -0.39 is 0 Å². The van der Waals surface area contributed by atoms with Crippen LogP contribution in [0.5, 0.6) is 0 Å².